The van der Waals surface area contributed by atoms with Crippen LogP contribution in [-0.4, -0.2) is 34.7 Å². The fourth-order valence-corrected chi connectivity index (χ4v) is 4.23. The highest BCUT2D eigenvalue weighted by atomic mass is 35.5. The summed E-state index contributed by atoms with van der Waals surface area (Å²) in [4.78, 5) is 18.6. The Bertz CT molecular complexity index is 884. The first-order chi connectivity index (χ1) is 13.8. The van der Waals surface area contributed by atoms with E-state index in [2.05, 4.69) is 17.1 Å². The molecule has 3 heterocycles. The van der Waals surface area contributed by atoms with E-state index in [1.807, 2.05) is 43.9 Å². The number of likely N-dealkylation sites (tertiary alicyclic amines) is 1. The Labute approximate surface area is 177 Å². The van der Waals surface area contributed by atoms with Gasteiger partial charge in [0.25, 0.3) is 0 Å². The number of aromatic nitrogens is 1. The second-order valence-electron chi connectivity index (χ2n) is 8.78. The van der Waals surface area contributed by atoms with Gasteiger partial charge in [-0.1, -0.05) is 23.7 Å². The second-order valence-corrected chi connectivity index (χ2v) is 9.21. The first-order valence-electron chi connectivity index (χ1n) is 10.2. The Morgan fingerprint density at radius 2 is 1.97 bits per heavy atom. The van der Waals surface area contributed by atoms with E-state index < -0.39 is 5.60 Å². The molecule has 1 atom stereocenters. The maximum Gasteiger partial charge on any atom is 0.410 e. The van der Waals surface area contributed by atoms with Crippen LogP contribution in [0.25, 0.3) is 0 Å². The summed E-state index contributed by atoms with van der Waals surface area (Å²) in [5.74, 6) is 1.36. The summed E-state index contributed by atoms with van der Waals surface area (Å²) in [6.45, 7) is 7.13. The van der Waals surface area contributed by atoms with E-state index in [0.717, 1.165) is 30.7 Å². The number of carbonyl (C=O) groups excluding carboxylic acids is 1. The van der Waals surface area contributed by atoms with Crippen LogP contribution in [0.5, 0.6) is 5.75 Å². The van der Waals surface area contributed by atoms with Crippen LogP contribution in [0.15, 0.2) is 36.5 Å². The SMILES string of the molecule is CC(C)(C)OC(=O)N1CCC(c2cccc3c2CC(c2ccc(Cl)cn2)O3)CC1. The van der Waals surface area contributed by atoms with E-state index in [1.165, 1.54) is 11.1 Å². The first kappa shape index (κ1) is 20.0. The van der Waals surface area contributed by atoms with Gasteiger partial charge in [0.05, 0.1) is 10.7 Å². The van der Waals surface area contributed by atoms with Crippen LogP contribution in [0.3, 0.4) is 0 Å². The molecule has 154 valence electrons. The van der Waals surface area contributed by atoms with Crippen molar-refractivity contribution < 1.29 is 14.3 Å². The number of benzene rings is 1. The highest BCUT2D eigenvalue weighted by Crippen LogP contribution is 2.42. The van der Waals surface area contributed by atoms with E-state index >= 15 is 0 Å². The van der Waals surface area contributed by atoms with E-state index in [9.17, 15) is 4.79 Å². The molecule has 4 rings (SSSR count). The van der Waals surface area contributed by atoms with Gasteiger partial charge >= 0.3 is 6.09 Å². The summed E-state index contributed by atoms with van der Waals surface area (Å²) in [5, 5.41) is 0.627. The van der Waals surface area contributed by atoms with Crippen molar-refractivity contribution in [1.82, 2.24) is 9.88 Å². The van der Waals surface area contributed by atoms with Crippen molar-refractivity contribution in [2.75, 3.05) is 13.1 Å². The van der Waals surface area contributed by atoms with Crippen LogP contribution >= 0.6 is 11.6 Å². The molecule has 1 aromatic heterocycles. The van der Waals surface area contributed by atoms with Gasteiger partial charge in [-0.05, 0) is 63.3 Å². The quantitative estimate of drug-likeness (QED) is 0.648. The third-order valence-electron chi connectivity index (χ3n) is 5.49. The normalized spacial score (nSPS) is 19.6. The van der Waals surface area contributed by atoms with Crippen LogP contribution in [0.4, 0.5) is 4.79 Å². The molecule has 0 spiro atoms. The molecule has 1 unspecified atom stereocenters. The van der Waals surface area contributed by atoms with Crippen molar-refractivity contribution in [2.45, 2.75) is 57.7 Å². The average Bonchev–Trinajstić information content (AvgIpc) is 3.11. The Kier molecular flexibility index (Phi) is 5.43. The lowest BCUT2D eigenvalue weighted by Gasteiger charge is -2.34. The van der Waals surface area contributed by atoms with Gasteiger partial charge < -0.3 is 14.4 Å². The summed E-state index contributed by atoms with van der Waals surface area (Å²) in [6.07, 6.45) is 4.04. The number of fused-ring (bicyclic) bond motifs is 1. The fourth-order valence-electron chi connectivity index (χ4n) is 4.12. The zero-order valence-corrected chi connectivity index (χ0v) is 17.9. The highest BCUT2D eigenvalue weighted by molar-refractivity contribution is 6.30. The van der Waals surface area contributed by atoms with Gasteiger partial charge in [0.15, 0.2) is 0 Å². The summed E-state index contributed by atoms with van der Waals surface area (Å²) in [7, 11) is 0. The molecule has 0 radical (unpaired) electrons. The smallest absolute Gasteiger partial charge is 0.410 e. The predicted molar refractivity (Wildman–Crippen MR) is 113 cm³/mol. The van der Waals surface area contributed by atoms with E-state index in [0.29, 0.717) is 24.0 Å². The largest absolute Gasteiger partial charge is 0.483 e. The Morgan fingerprint density at radius 3 is 2.62 bits per heavy atom. The number of hydrogen-bond acceptors (Lipinski definition) is 4. The van der Waals surface area contributed by atoms with Crippen LogP contribution < -0.4 is 4.74 Å². The lowest BCUT2D eigenvalue weighted by Crippen LogP contribution is -2.41. The molecule has 0 saturated carbocycles. The summed E-state index contributed by atoms with van der Waals surface area (Å²) in [5.41, 5.74) is 3.04. The third kappa shape index (κ3) is 4.50. The minimum atomic E-state index is -0.462. The van der Waals surface area contributed by atoms with Crippen LogP contribution in [0.1, 0.15) is 62.5 Å². The van der Waals surface area contributed by atoms with Crippen molar-refractivity contribution in [2.24, 2.45) is 0 Å². The molecule has 5 nitrogen and oxygen atoms in total. The molecular weight excluding hydrogens is 388 g/mol. The lowest BCUT2D eigenvalue weighted by atomic mass is 9.85. The Balaban J connectivity index is 1.44. The van der Waals surface area contributed by atoms with Crippen LogP contribution in [0, 0.1) is 0 Å². The molecule has 2 aliphatic rings. The molecule has 0 aliphatic carbocycles. The lowest BCUT2D eigenvalue weighted by molar-refractivity contribution is 0.0204. The molecule has 1 amide bonds. The van der Waals surface area contributed by atoms with Crippen molar-refractivity contribution in [3.05, 3.63) is 58.4 Å². The standard InChI is InChI=1S/C23H27ClN2O3/c1-23(2,3)29-22(27)26-11-9-15(10-12-26)17-5-4-6-20-18(17)13-21(28-20)19-8-7-16(24)14-25-19/h4-8,14-15,21H,9-13H2,1-3H3. The monoisotopic (exact) mass is 414 g/mol. The number of halogens is 1. The van der Waals surface area contributed by atoms with Crippen molar-refractivity contribution in [3.63, 3.8) is 0 Å². The molecule has 1 fully saturated rings. The topological polar surface area (TPSA) is 51.7 Å². The van der Waals surface area contributed by atoms with E-state index in [1.54, 1.807) is 6.20 Å². The summed E-state index contributed by atoms with van der Waals surface area (Å²) in [6, 6.07) is 10.1. The third-order valence-corrected chi connectivity index (χ3v) is 5.72. The molecule has 0 N–H and O–H groups in total. The average molecular weight is 415 g/mol. The van der Waals surface area contributed by atoms with Crippen molar-refractivity contribution in [1.29, 1.82) is 0 Å². The molecular formula is C23H27ClN2O3. The van der Waals surface area contributed by atoms with Crippen molar-refractivity contribution >= 4 is 17.7 Å². The predicted octanol–water partition coefficient (Wildman–Crippen LogP) is 5.53. The molecule has 2 aromatic rings. The van der Waals surface area contributed by atoms with Gasteiger partial charge in [0.2, 0.25) is 0 Å². The fraction of sp³-hybridized carbons (Fsp3) is 0.478. The number of ether oxygens (including phenoxy) is 2. The zero-order chi connectivity index (χ0) is 20.6. The minimum absolute atomic E-state index is 0.0785. The maximum atomic E-state index is 12.3. The molecule has 6 heteroatoms. The zero-order valence-electron chi connectivity index (χ0n) is 17.2. The van der Waals surface area contributed by atoms with Gasteiger partial charge in [-0.2, -0.15) is 0 Å². The van der Waals surface area contributed by atoms with Gasteiger partial charge in [-0.25, -0.2) is 4.79 Å². The highest BCUT2D eigenvalue weighted by Gasteiger charge is 2.32. The number of nitrogens with zero attached hydrogens (tertiary/aromatic N) is 2. The molecule has 0 bridgehead atoms. The maximum absolute atomic E-state index is 12.3. The van der Waals surface area contributed by atoms with Gasteiger partial charge in [-0.15, -0.1) is 0 Å². The first-order valence-corrected chi connectivity index (χ1v) is 10.6. The number of pyridine rings is 1. The van der Waals surface area contributed by atoms with Gasteiger partial charge in [-0.3, -0.25) is 4.98 Å². The van der Waals surface area contributed by atoms with Crippen LogP contribution in [0.2, 0.25) is 5.02 Å². The number of rotatable bonds is 2. The molecule has 1 aromatic carbocycles. The Morgan fingerprint density at radius 1 is 1.21 bits per heavy atom. The number of piperidine rings is 1. The second kappa shape index (κ2) is 7.86. The van der Waals surface area contributed by atoms with Crippen molar-refractivity contribution in [3.8, 4) is 5.75 Å². The molecule has 1 saturated heterocycles. The molecule has 29 heavy (non-hydrogen) atoms. The number of amides is 1. The molecule has 2 aliphatic heterocycles. The van der Waals surface area contributed by atoms with E-state index in [4.69, 9.17) is 21.1 Å². The summed E-state index contributed by atoms with van der Waals surface area (Å²) >= 11 is 5.96. The van der Waals surface area contributed by atoms with E-state index in [-0.39, 0.29) is 12.2 Å². The van der Waals surface area contributed by atoms with Gasteiger partial charge in [0.1, 0.15) is 17.5 Å². The minimum Gasteiger partial charge on any atom is -0.483 e. The Hall–Kier alpha value is -2.27. The number of carbonyl (C=O) groups is 1. The number of hydrogen-bond donors (Lipinski definition) is 0. The summed E-state index contributed by atoms with van der Waals surface area (Å²) < 4.78 is 11.7. The van der Waals surface area contributed by atoms with Gasteiger partial charge in [0, 0.05) is 31.3 Å². The van der Waals surface area contributed by atoms with Crippen LogP contribution in [-0.2, 0) is 11.2 Å².